The van der Waals surface area contributed by atoms with Crippen molar-refractivity contribution in [2.45, 2.75) is 33.2 Å². The predicted molar refractivity (Wildman–Crippen MR) is 85.1 cm³/mol. The van der Waals surface area contributed by atoms with Gasteiger partial charge in [-0.2, -0.15) is 0 Å². The lowest BCUT2D eigenvalue weighted by molar-refractivity contribution is 0.222. The average molecular weight is 276 g/mol. The van der Waals surface area contributed by atoms with Crippen LogP contribution in [-0.4, -0.2) is 43.6 Å². The fraction of sp³-hybridized carbons (Fsp3) is 0.688. The highest BCUT2D eigenvalue weighted by Gasteiger charge is 2.20. The topological polar surface area (TPSA) is 45.4 Å². The van der Waals surface area contributed by atoms with E-state index in [9.17, 15) is 0 Å². The number of piperidine rings is 1. The molecule has 112 valence electrons. The van der Waals surface area contributed by atoms with Gasteiger partial charge in [0.05, 0.1) is 0 Å². The summed E-state index contributed by atoms with van der Waals surface area (Å²) in [4.78, 5) is 9.44. The monoisotopic (exact) mass is 276 g/mol. The zero-order valence-electron chi connectivity index (χ0n) is 13.3. The fourth-order valence-electron chi connectivity index (χ4n) is 3.13. The summed E-state index contributed by atoms with van der Waals surface area (Å²) in [5.41, 5.74) is 9.43. The van der Waals surface area contributed by atoms with Crippen LogP contribution < -0.4 is 10.6 Å². The van der Waals surface area contributed by atoms with Crippen LogP contribution in [0.25, 0.3) is 0 Å². The van der Waals surface area contributed by atoms with Crippen molar-refractivity contribution in [3.63, 3.8) is 0 Å². The summed E-state index contributed by atoms with van der Waals surface area (Å²) >= 11 is 0. The van der Waals surface area contributed by atoms with Crippen molar-refractivity contribution in [2.75, 3.05) is 38.6 Å². The van der Waals surface area contributed by atoms with Gasteiger partial charge in [0.2, 0.25) is 0 Å². The highest BCUT2D eigenvalue weighted by Crippen LogP contribution is 2.24. The third-order valence-corrected chi connectivity index (χ3v) is 4.39. The lowest BCUT2D eigenvalue weighted by Gasteiger charge is -2.33. The molecule has 0 aliphatic carbocycles. The quantitative estimate of drug-likeness (QED) is 0.913. The number of aromatic nitrogens is 1. The minimum absolute atomic E-state index is 0.562. The second-order valence-corrected chi connectivity index (χ2v) is 6.21. The molecule has 0 amide bonds. The predicted octanol–water partition coefficient (Wildman–Crippen LogP) is 1.94. The lowest BCUT2D eigenvalue weighted by Crippen LogP contribution is -2.36. The summed E-state index contributed by atoms with van der Waals surface area (Å²) in [6, 6.07) is 2.12. The first-order valence-electron chi connectivity index (χ1n) is 7.58. The number of likely N-dealkylation sites (tertiary alicyclic amines) is 1. The molecule has 4 nitrogen and oxygen atoms in total. The van der Waals surface area contributed by atoms with Crippen LogP contribution >= 0.6 is 0 Å². The molecule has 1 saturated heterocycles. The minimum atomic E-state index is 0.562. The molecule has 0 spiro atoms. The molecule has 0 atom stereocenters. The number of hydrogen-bond acceptors (Lipinski definition) is 4. The van der Waals surface area contributed by atoms with Gasteiger partial charge < -0.3 is 15.5 Å². The maximum Gasteiger partial charge on any atom is 0.133 e. The van der Waals surface area contributed by atoms with Crippen LogP contribution in [0.15, 0.2) is 6.07 Å². The molecule has 4 heteroatoms. The van der Waals surface area contributed by atoms with E-state index >= 15 is 0 Å². The first-order valence-corrected chi connectivity index (χ1v) is 7.58. The van der Waals surface area contributed by atoms with Gasteiger partial charge in [0, 0.05) is 31.4 Å². The van der Waals surface area contributed by atoms with Crippen molar-refractivity contribution in [3.05, 3.63) is 22.9 Å². The van der Waals surface area contributed by atoms with Crippen LogP contribution in [0.2, 0.25) is 0 Å². The summed E-state index contributed by atoms with van der Waals surface area (Å²) < 4.78 is 0. The van der Waals surface area contributed by atoms with Crippen molar-refractivity contribution >= 4 is 5.82 Å². The standard InChI is InChI=1S/C16H28N4/c1-12-9-13(2)18-16(15(12)10-17)20(4)11-14-5-7-19(3)8-6-14/h9,14H,5-8,10-11,17H2,1-4H3. The van der Waals surface area contributed by atoms with E-state index in [1.165, 1.54) is 37.1 Å². The molecule has 2 heterocycles. The SMILES string of the molecule is Cc1cc(C)c(CN)c(N(C)CC2CCN(C)CC2)n1. The Hall–Kier alpha value is -1.13. The molecule has 1 aliphatic heterocycles. The van der Waals surface area contributed by atoms with Gasteiger partial charge >= 0.3 is 0 Å². The van der Waals surface area contributed by atoms with E-state index in [1.807, 2.05) is 0 Å². The van der Waals surface area contributed by atoms with Gasteiger partial charge in [-0.1, -0.05) is 0 Å². The van der Waals surface area contributed by atoms with Crippen molar-refractivity contribution in [2.24, 2.45) is 11.7 Å². The second kappa shape index (κ2) is 6.55. The lowest BCUT2D eigenvalue weighted by atomic mass is 9.96. The van der Waals surface area contributed by atoms with E-state index in [1.54, 1.807) is 0 Å². The number of aryl methyl sites for hydroxylation is 2. The highest BCUT2D eigenvalue weighted by atomic mass is 15.2. The van der Waals surface area contributed by atoms with Crippen molar-refractivity contribution < 1.29 is 0 Å². The summed E-state index contributed by atoms with van der Waals surface area (Å²) in [5.74, 6) is 1.84. The fourth-order valence-corrected chi connectivity index (χ4v) is 3.13. The van der Waals surface area contributed by atoms with E-state index in [-0.39, 0.29) is 0 Å². The minimum Gasteiger partial charge on any atom is -0.359 e. The Morgan fingerprint density at radius 1 is 1.35 bits per heavy atom. The Balaban J connectivity index is 2.10. The Bertz CT molecular complexity index is 450. The Labute approximate surface area is 123 Å². The van der Waals surface area contributed by atoms with Crippen molar-refractivity contribution in [1.82, 2.24) is 9.88 Å². The average Bonchev–Trinajstić information content (AvgIpc) is 2.40. The summed E-state index contributed by atoms with van der Waals surface area (Å²) in [6.45, 7) is 8.25. The van der Waals surface area contributed by atoms with Gasteiger partial charge in [-0.15, -0.1) is 0 Å². The van der Waals surface area contributed by atoms with Crippen LogP contribution in [0.1, 0.15) is 29.7 Å². The number of anilines is 1. The second-order valence-electron chi connectivity index (χ2n) is 6.21. The zero-order valence-corrected chi connectivity index (χ0v) is 13.3. The molecule has 0 saturated carbocycles. The number of nitrogens with two attached hydrogens (primary N) is 1. The molecule has 1 fully saturated rings. The summed E-state index contributed by atoms with van der Waals surface area (Å²) in [6.07, 6.45) is 2.56. The maximum atomic E-state index is 5.92. The molecule has 0 aromatic carbocycles. The molecule has 1 aromatic rings. The number of hydrogen-bond donors (Lipinski definition) is 1. The largest absolute Gasteiger partial charge is 0.359 e. The van der Waals surface area contributed by atoms with Crippen LogP contribution in [0.4, 0.5) is 5.82 Å². The van der Waals surface area contributed by atoms with Gasteiger partial charge in [0.1, 0.15) is 5.82 Å². The molecule has 1 aromatic heterocycles. The summed E-state index contributed by atoms with van der Waals surface area (Å²) in [7, 11) is 4.36. The number of pyridine rings is 1. The van der Waals surface area contributed by atoms with Crippen LogP contribution in [0, 0.1) is 19.8 Å². The Morgan fingerprint density at radius 3 is 2.60 bits per heavy atom. The maximum absolute atomic E-state index is 5.92. The normalized spacial score (nSPS) is 17.4. The molecular formula is C16H28N4. The Morgan fingerprint density at radius 2 is 2.00 bits per heavy atom. The van der Waals surface area contributed by atoms with Gasteiger partial charge in [-0.05, 0) is 64.4 Å². The van der Waals surface area contributed by atoms with Crippen LogP contribution in [-0.2, 0) is 6.54 Å². The first kappa shape index (κ1) is 15.3. The molecule has 2 rings (SSSR count). The first-order chi connectivity index (χ1) is 9.51. The van der Waals surface area contributed by atoms with E-state index in [4.69, 9.17) is 10.7 Å². The molecular weight excluding hydrogens is 248 g/mol. The molecule has 0 unspecified atom stereocenters. The van der Waals surface area contributed by atoms with Crippen LogP contribution in [0.5, 0.6) is 0 Å². The number of rotatable bonds is 4. The van der Waals surface area contributed by atoms with E-state index in [2.05, 4.69) is 43.8 Å². The van der Waals surface area contributed by atoms with Gasteiger partial charge in [0.15, 0.2) is 0 Å². The molecule has 0 bridgehead atoms. The van der Waals surface area contributed by atoms with E-state index < -0.39 is 0 Å². The smallest absolute Gasteiger partial charge is 0.133 e. The Kier molecular flexibility index (Phi) is 5.00. The molecule has 2 N–H and O–H groups in total. The van der Waals surface area contributed by atoms with E-state index in [0.29, 0.717) is 6.54 Å². The third-order valence-electron chi connectivity index (χ3n) is 4.39. The third kappa shape index (κ3) is 3.49. The molecule has 1 aliphatic rings. The van der Waals surface area contributed by atoms with E-state index in [0.717, 1.165) is 24.0 Å². The van der Waals surface area contributed by atoms with Gasteiger partial charge in [0.25, 0.3) is 0 Å². The highest BCUT2D eigenvalue weighted by molar-refractivity contribution is 5.51. The zero-order chi connectivity index (χ0) is 14.7. The molecule has 20 heavy (non-hydrogen) atoms. The van der Waals surface area contributed by atoms with Gasteiger partial charge in [-0.25, -0.2) is 4.98 Å². The number of nitrogens with zero attached hydrogens (tertiary/aromatic N) is 3. The summed E-state index contributed by atoms with van der Waals surface area (Å²) in [5, 5.41) is 0. The van der Waals surface area contributed by atoms with Gasteiger partial charge in [-0.3, -0.25) is 0 Å². The molecule has 0 radical (unpaired) electrons. The van der Waals surface area contributed by atoms with Crippen LogP contribution in [0.3, 0.4) is 0 Å². The van der Waals surface area contributed by atoms with Crippen molar-refractivity contribution in [1.29, 1.82) is 0 Å². The van der Waals surface area contributed by atoms with Crippen molar-refractivity contribution in [3.8, 4) is 0 Å².